The molecule has 8 heteroatoms. The summed E-state index contributed by atoms with van der Waals surface area (Å²) in [5.74, 6) is 0.383. The third-order valence-electron chi connectivity index (χ3n) is 5.25. The quantitative estimate of drug-likeness (QED) is 0.548. The molecule has 2 amide bonds. The second-order valence-corrected chi connectivity index (χ2v) is 7.27. The highest BCUT2D eigenvalue weighted by Gasteiger charge is 2.22. The lowest BCUT2D eigenvalue weighted by Crippen LogP contribution is -2.41. The highest BCUT2D eigenvalue weighted by atomic mass is 16.2. The molecule has 0 aliphatic carbocycles. The molecule has 3 aromatic rings. The molecule has 2 aromatic heterocycles. The summed E-state index contributed by atoms with van der Waals surface area (Å²) < 4.78 is 0. The van der Waals surface area contributed by atoms with Gasteiger partial charge >= 0.3 is 0 Å². The molecule has 0 unspecified atom stereocenters. The van der Waals surface area contributed by atoms with Gasteiger partial charge in [0.25, 0.3) is 5.91 Å². The molecule has 30 heavy (non-hydrogen) atoms. The zero-order valence-electron chi connectivity index (χ0n) is 16.6. The van der Waals surface area contributed by atoms with Crippen LogP contribution in [0.4, 0.5) is 5.82 Å². The molecule has 1 aliphatic heterocycles. The second kappa shape index (κ2) is 8.77. The van der Waals surface area contributed by atoms with Crippen LogP contribution in [0, 0.1) is 0 Å². The van der Waals surface area contributed by atoms with E-state index >= 15 is 0 Å². The maximum absolute atomic E-state index is 12.7. The summed E-state index contributed by atoms with van der Waals surface area (Å²) in [5, 5.41) is 6.30. The molecular formula is C22H24N6O2. The van der Waals surface area contributed by atoms with Crippen LogP contribution in [0.3, 0.4) is 0 Å². The van der Waals surface area contributed by atoms with Crippen molar-refractivity contribution in [3.8, 4) is 0 Å². The number of amides is 2. The first kappa shape index (κ1) is 19.6. The maximum atomic E-state index is 12.7. The molecular weight excluding hydrogens is 380 g/mol. The number of nitrogens with one attached hydrogen (secondary N) is 3. The number of rotatable bonds is 6. The van der Waals surface area contributed by atoms with Crippen LogP contribution >= 0.6 is 0 Å². The van der Waals surface area contributed by atoms with Gasteiger partial charge in [0.05, 0.1) is 11.8 Å². The average molecular weight is 404 g/mol. The van der Waals surface area contributed by atoms with Crippen molar-refractivity contribution in [2.24, 2.45) is 0 Å². The number of aromatic nitrogens is 3. The number of piperidine rings is 1. The third-order valence-corrected chi connectivity index (χ3v) is 5.25. The van der Waals surface area contributed by atoms with Gasteiger partial charge < -0.3 is 20.5 Å². The Balaban J connectivity index is 1.42. The number of likely N-dealkylation sites (tertiary alicyclic amines) is 1. The maximum Gasteiger partial charge on any atom is 0.255 e. The zero-order valence-corrected chi connectivity index (χ0v) is 16.6. The number of H-pyrrole nitrogens is 1. The lowest BCUT2D eigenvalue weighted by atomic mass is 10.1. The lowest BCUT2D eigenvalue weighted by molar-refractivity contribution is -0.126. The van der Waals surface area contributed by atoms with Gasteiger partial charge in [-0.3, -0.25) is 9.59 Å². The Labute approximate surface area is 174 Å². The van der Waals surface area contributed by atoms with E-state index in [9.17, 15) is 9.59 Å². The van der Waals surface area contributed by atoms with E-state index in [1.807, 2.05) is 30.3 Å². The first-order valence-corrected chi connectivity index (χ1v) is 9.98. The Morgan fingerprint density at radius 3 is 2.73 bits per heavy atom. The fourth-order valence-corrected chi connectivity index (χ4v) is 3.59. The van der Waals surface area contributed by atoms with Crippen molar-refractivity contribution < 1.29 is 9.59 Å². The van der Waals surface area contributed by atoms with Crippen LogP contribution in [-0.4, -0.2) is 50.8 Å². The van der Waals surface area contributed by atoms with Crippen LogP contribution in [0.5, 0.6) is 0 Å². The molecule has 1 aliphatic rings. The minimum atomic E-state index is -0.201. The summed E-state index contributed by atoms with van der Waals surface area (Å²) in [4.78, 5) is 38.2. The van der Waals surface area contributed by atoms with Gasteiger partial charge in [-0.15, -0.1) is 0 Å². The van der Waals surface area contributed by atoms with Crippen LogP contribution in [-0.2, 0) is 11.3 Å². The Kier molecular flexibility index (Phi) is 5.74. The van der Waals surface area contributed by atoms with Gasteiger partial charge in [-0.05, 0) is 24.5 Å². The fraction of sp³-hybridized carbons (Fsp3) is 0.273. The highest BCUT2D eigenvalue weighted by molar-refractivity contribution is 6.04. The molecule has 0 saturated carbocycles. The Bertz CT molecular complexity index is 1050. The predicted octanol–water partition coefficient (Wildman–Crippen LogP) is 2.48. The summed E-state index contributed by atoms with van der Waals surface area (Å²) >= 11 is 0. The smallest absolute Gasteiger partial charge is 0.255 e. The molecule has 8 nitrogen and oxygen atoms in total. The molecule has 1 aromatic carbocycles. The first-order chi connectivity index (χ1) is 14.6. The normalized spacial score (nSPS) is 14.5. The van der Waals surface area contributed by atoms with Crippen LogP contribution in [0.25, 0.3) is 11.2 Å². The van der Waals surface area contributed by atoms with E-state index in [2.05, 4.69) is 32.2 Å². The third kappa shape index (κ3) is 4.32. The summed E-state index contributed by atoms with van der Waals surface area (Å²) in [6.45, 7) is 5.33. The van der Waals surface area contributed by atoms with Gasteiger partial charge in [0.15, 0.2) is 5.65 Å². The molecule has 3 heterocycles. The van der Waals surface area contributed by atoms with Crippen LogP contribution in [0.1, 0.15) is 28.8 Å². The molecule has 154 valence electrons. The van der Waals surface area contributed by atoms with Crippen LogP contribution in [0.2, 0.25) is 0 Å². The van der Waals surface area contributed by atoms with E-state index in [1.165, 1.54) is 6.08 Å². The number of anilines is 1. The van der Waals surface area contributed by atoms with Gasteiger partial charge in [-0.2, -0.15) is 0 Å². The summed E-state index contributed by atoms with van der Waals surface area (Å²) in [5.41, 5.74) is 2.59. The first-order valence-electron chi connectivity index (χ1n) is 9.98. The zero-order chi connectivity index (χ0) is 20.9. The van der Waals surface area contributed by atoms with E-state index < -0.39 is 0 Å². The number of hydrogen-bond donors (Lipinski definition) is 3. The van der Waals surface area contributed by atoms with Crippen molar-refractivity contribution in [2.45, 2.75) is 25.4 Å². The van der Waals surface area contributed by atoms with Crippen molar-refractivity contribution in [2.75, 3.05) is 18.4 Å². The monoisotopic (exact) mass is 404 g/mol. The Morgan fingerprint density at radius 1 is 1.23 bits per heavy atom. The number of fused-ring (bicyclic) bond motifs is 1. The molecule has 3 N–H and O–H groups in total. The standard InChI is InChI=1S/C22H24N6O2/c1-2-19(29)28-10-8-16(9-11-28)26-18-14-24-21-20(27-18)17(13-23-21)22(30)25-12-15-6-4-3-5-7-15/h2-7,13-14,16H,1,8-12H2,(H,23,24)(H,25,30)(H,26,27). The van der Waals surface area contributed by atoms with Gasteiger partial charge in [0, 0.05) is 31.9 Å². The molecule has 0 bridgehead atoms. The average Bonchev–Trinajstić information content (AvgIpc) is 3.21. The van der Waals surface area contributed by atoms with E-state index in [-0.39, 0.29) is 17.9 Å². The predicted molar refractivity (Wildman–Crippen MR) is 115 cm³/mol. The van der Waals surface area contributed by atoms with E-state index in [4.69, 9.17) is 0 Å². The molecule has 0 radical (unpaired) electrons. The minimum Gasteiger partial charge on any atom is -0.366 e. The molecule has 1 saturated heterocycles. The Morgan fingerprint density at radius 2 is 2.00 bits per heavy atom. The number of carbonyl (C=O) groups excluding carboxylic acids is 2. The summed E-state index contributed by atoms with van der Waals surface area (Å²) in [7, 11) is 0. The Hall–Kier alpha value is -3.68. The lowest BCUT2D eigenvalue weighted by Gasteiger charge is -2.31. The largest absolute Gasteiger partial charge is 0.366 e. The van der Waals surface area contributed by atoms with Crippen molar-refractivity contribution >= 4 is 28.8 Å². The molecule has 0 atom stereocenters. The van der Waals surface area contributed by atoms with E-state index in [0.29, 0.717) is 42.2 Å². The number of carbonyl (C=O) groups is 2. The van der Waals surface area contributed by atoms with Crippen LogP contribution < -0.4 is 10.6 Å². The molecule has 0 spiro atoms. The van der Waals surface area contributed by atoms with Crippen molar-refractivity contribution in [3.63, 3.8) is 0 Å². The van der Waals surface area contributed by atoms with Crippen molar-refractivity contribution in [1.29, 1.82) is 0 Å². The van der Waals surface area contributed by atoms with Crippen molar-refractivity contribution in [1.82, 2.24) is 25.2 Å². The van der Waals surface area contributed by atoms with Gasteiger partial charge in [0.1, 0.15) is 11.3 Å². The number of aromatic amines is 1. The van der Waals surface area contributed by atoms with Gasteiger partial charge in [0.2, 0.25) is 5.91 Å². The van der Waals surface area contributed by atoms with Gasteiger partial charge in [-0.25, -0.2) is 9.97 Å². The highest BCUT2D eigenvalue weighted by Crippen LogP contribution is 2.19. The number of benzene rings is 1. The fourth-order valence-electron chi connectivity index (χ4n) is 3.59. The number of nitrogens with zero attached hydrogens (tertiary/aromatic N) is 3. The van der Waals surface area contributed by atoms with Crippen LogP contribution in [0.15, 0.2) is 55.4 Å². The topological polar surface area (TPSA) is 103 Å². The van der Waals surface area contributed by atoms with E-state index in [1.54, 1.807) is 17.3 Å². The van der Waals surface area contributed by atoms with Gasteiger partial charge in [-0.1, -0.05) is 36.9 Å². The second-order valence-electron chi connectivity index (χ2n) is 7.27. The summed E-state index contributed by atoms with van der Waals surface area (Å²) in [6, 6.07) is 9.94. The SMILES string of the molecule is C=CC(=O)N1CCC(Nc2cnc3[nH]cc(C(=O)NCc4ccccc4)c3n2)CC1. The minimum absolute atomic E-state index is 0.0341. The van der Waals surface area contributed by atoms with E-state index in [0.717, 1.165) is 18.4 Å². The molecule has 4 rings (SSSR count). The van der Waals surface area contributed by atoms with Crippen molar-refractivity contribution in [3.05, 3.63) is 66.5 Å². The molecule has 1 fully saturated rings. The summed E-state index contributed by atoms with van der Waals surface area (Å²) in [6.07, 6.45) is 6.27. The number of hydrogen-bond acceptors (Lipinski definition) is 5.